The molecular formula is C9H17N3O4. The molecule has 0 unspecified atom stereocenters. The summed E-state index contributed by atoms with van der Waals surface area (Å²) < 4.78 is 4.61. The standard InChI is InChI=1S/C9H17N3O4/c1-3-16-8(14)6-12-9(15)11-5-4-10-7(2)13/h3-6H2,1-2H3,(H,10,13)(H2,11,12,15). The zero-order valence-electron chi connectivity index (χ0n) is 9.46. The molecule has 0 aromatic heterocycles. The van der Waals surface area contributed by atoms with Crippen LogP contribution in [0.1, 0.15) is 13.8 Å². The maximum atomic E-state index is 11.1. The summed E-state index contributed by atoms with van der Waals surface area (Å²) in [5.41, 5.74) is 0. The summed E-state index contributed by atoms with van der Waals surface area (Å²) in [5, 5.41) is 7.29. The van der Waals surface area contributed by atoms with Gasteiger partial charge in [0.05, 0.1) is 6.61 Å². The molecule has 0 atom stereocenters. The van der Waals surface area contributed by atoms with Crippen molar-refractivity contribution in [2.24, 2.45) is 0 Å². The van der Waals surface area contributed by atoms with E-state index in [2.05, 4.69) is 20.7 Å². The number of carbonyl (C=O) groups is 3. The van der Waals surface area contributed by atoms with Crippen LogP contribution in [0.15, 0.2) is 0 Å². The van der Waals surface area contributed by atoms with Crippen LogP contribution in [0.5, 0.6) is 0 Å². The Morgan fingerprint density at radius 3 is 2.25 bits per heavy atom. The summed E-state index contributed by atoms with van der Waals surface area (Å²) in [6, 6.07) is -0.474. The number of hydrogen-bond acceptors (Lipinski definition) is 4. The number of ether oxygens (including phenoxy) is 1. The lowest BCUT2D eigenvalue weighted by atomic mass is 10.5. The normalized spacial score (nSPS) is 9.12. The Morgan fingerprint density at radius 1 is 1.06 bits per heavy atom. The highest BCUT2D eigenvalue weighted by Gasteiger charge is 2.04. The Hall–Kier alpha value is -1.79. The summed E-state index contributed by atoms with van der Waals surface area (Å²) in [5.74, 6) is -0.645. The molecule has 0 saturated carbocycles. The zero-order valence-corrected chi connectivity index (χ0v) is 9.46. The molecule has 7 nitrogen and oxygen atoms in total. The van der Waals surface area contributed by atoms with Crippen LogP contribution in [0, 0.1) is 0 Å². The first-order valence-corrected chi connectivity index (χ1v) is 4.98. The maximum absolute atomic E-state index is 11.1. The lowest BCUT2D eigenvalue weighted by Gasteiger charge is -2.07. The summed E-state index contributed by atoms with van der Waals surface area (Å²) in [4.78, 5) is 32.4. The van der Waals surface area contributed by atoms with E-state index in [-0.39, 0.29) is 19.1 Å². The predicted molar refractivity (Wildman–Crippen MR) is 56.7 cm³/mol. The van der Waals surface area contributed by atoms with E-state index in [4.69, 9.17) is 0 Å². The molecule has 0 spiro atoms. The van der Waals surface area contributed by atoms with Gasteiger partial charge in [-0.25, -0.2) is 4.79 Å². The third-order valence-electron chi connectivity index (χ3n) is 1.48. The molecule has 0 aliphatic heterocycles. The van der Waals surface area contributed by atoms with Crippen LogP contribution in [0.3, 0.4) is 0 Å². The van der Waals surface area contributed by atoms with Crippen LogP contribution in [0.25, 0.3) is 0 Å². The van der Waals surface area contributed by atoms with Crippen LogP contribution < -0.4 is 16.0 Å². The number of hydrogen-bond donors (Lipinski definition) is 3. The molecule has 0 aliphatic carbocycles. The minimum Gasteiger partial charge on any atom is -0.465 e. The van der Waals surface area contributed by atoms with Crippen LogP contribution in [-0.4, -0.2) is 44.1 Å². The van der Waals surface area contributed by atoms with Gasteiger partial charge < -0.3 is 20.7 Å². The Labute approximate surface area is 93.9 Å². The third-order valence-corrected chi connectivity index (χ3v) is 1.48. The largest absolute Gasteiger partial charge is 0.465 e. The topological polar surface area (TPSA) is 96.5 Å². The monoisotopic (exact) mass is 231 g/mol. The summed E-state index contributed by atoms with van der Waals surface area (Å²) >= 11 is 0. The smallest absolute Gasteiger partial charge is 0.325 e. The molecule has 0 radical (unpaired) electrons. The van der Waals surface area contributed by atoms with Gasteiger partial charge in [-0.05, 0) is 6.92 Å². The van der Waals surface area contributed by atoms with Crippen LogP contribution in [0.4, 0.5) is 4.79 Å². The van der Waals surface area contributed by atoms with Crippen LogP contribution in [0.2, 0.25) is 0 Å². The van der Waals surface area contributed by atoms with E-state index in [1.54, 1.807) is 6.92 Å². The predicted octanol–water partition coefficient (Wildman–Crippen LogP) is -1.02. The Balaban J connectivity index is 3.44. The third kappa shape index (κ3) is 8.79. The highest BCUT2D eigenvalue weighted by atomic mass is 16.5. The Kier molecular flexibility index (Phi) is 7.56. The summed E-state index contributed by atoms with van der Waals surface area (Å²) in [6.45, 7) is 3.84. The molecule has 16 heavy (non-hydrogen) atoms. The van der Waals surface area contributed by atoms with Crippen molar-refractivity contribution in [3.05, 3.63) is 0 Å². The Bertz CT molecular complexity index is 255. The van der Waals surface area contributed by atoms with Gasteiger partial charge in [-0.2, -0.15) is 0 Å². The van der Waals surface area contributed by atoms with Gasteiger partial charge in [0, 0.05) is 20.0 Å². The van der Waals surface area contributed by atoms with Crippen LogP contribution in [-0.2, 0) is 14.3 Å². The highest BCUT2D eigenvalue weighted by molar-refractivity contribution is 5.80. The molecule has 0 aromatic carbocycles. The lowest BCUT2D eigenvalue weighted by Crippen LogP contribution is -2.42. The second kappa shape index (κ2) is 8.51. The molecule has 0 aliphatic rings. The second-order valence-electron chi connectivity index (χ2n) is 2.90. The van der Waals surface area contributed by atoms with Crippen molar-refractivity contribution >= 4 is 17.9 Å². The molecular weight excluding hydrogens is 214 g/mol. The highest BCUT2D eigenvalue weighted by Crippen LogP contribution is 1.75. The van der Waals surface area contributed by atoms with E-state index < -0.39 is 12.0 Å². The van der Waals surface area contributed by atoms with Crippen molar-refractivity contribution in [3.8, 4) is 0 Å². The minimum absolute atomic E-state index is 0.159. The number of nitrogens with one attached hydrogen (secondary N) is 3. The van der Waals surface area contributed by atoms with Gasteiger partial charge in [0.25, 0.3) is 0 Å². The lowest BCUT2D eigenvalue weighted by molar-refractivity contribution is -0.141. The fourth-order valence-electron chi connectivity index (χ4n) is 0.842. The van der Waals surface area contributed by atoms with Crippen molar-refractivity contribution in [1.82, 2.24) is 16.0 Å². The zero-order chi connectivity index (χ0) is 12.4. The van der Waals surface area contributed by atoms with Gasteiger partial charge in [-0.3, -0.25) is 9.59 Å². The van der Waals surface area contributed by atoms with E-state index in [0.29, 0.717) is 13.1 Å². The average Bonchev–Trinajstić information content (AvgIpc) is 2.22. The maximum Gasteiger partial charge on any atom is 0.325 e. The average molecular weight is 231 g/mol. The van der Waals surface area contributed by atoms with Gasteiger partial charge in [0.2, 0.25) is 5.91 Å². The minimum atomic E-state index is -0.487. The number of carbonyl (C=O) groups excluding carboxylic acids is 3. The van der Waals surface area contributed by atoms with E-state index in [1.807, 2.05) is 0 Å². The molecule has 0 saturated heterocycles. The first kappa shape index (κ1) is 14.2. The number of amides is 3. The second-order valence-corrected chi connectivity index (χ2v) is 2.90. The molecule has 3 N–H and O–H groups in total. The first-order chi connectivity index (χ1) is 7.56. The van der Waals surface area contributed by atoms with Crippen LogP contribution >= 0.6 is 0 Å². The molecule has 0 bridgehead atoms. The van der Waals surface area contributed by atoms with Gasteiger partial charge in [0.15, 0.2) is 0 Å². The number of rotatable bonds is 6. The number of urea groups is 1. The van der Waals surface area contributed by atoms with E-state index in [0.717, 1.165) is 0 Å². The van der Waals surface area contributed by atoms with Gasteiger partial charge in [-0.15, -0.1) is 0 Å². The van der Waals surface area contributed by atoms with Gasteiger partial charge >= 0.3 is 12.0 Å². The van der Waals surface area contributed by atoms with Gasteiger partial charge in [-0.1, -0.05) is 0 Å². The Morgan fingerprint density at radius 2 is 1.69 bits per heavy atom. The van der Waals surface area contributed by atoms with E-state index in [9.17, 15) is 14.4 Å². The summed E-state index contributed by atoms with van der Waals surface area (Å²) in [7, 11) is 0. The molecule has 0 heterocycles. The quantitative estimate of drug-likeness (QED) is 0.403. The van der Waals surface area contributed by atoms with E-state index in [1.165, 1.54) is 6.92 Å². The molecule has 0 fully saturated rings. The fraction of sp³-hybridized carbons (Fsp3) is 0.667. The van der Waals surface area contributed by atoms with Crippen molar-refractivity contribution < 1.29 is 19.1 Å². The number of esters is 1. The fourth-order valence-corrected chi connectivity index (χ4v) is 0.842. The molecule has 3 amide bonds. The van der Waals surface area contributed by atoms with Crippen molar-refractivity contribution in [1.29, 1.82) is 0 Å². The molecule has 7 heteroatoms. The summed E-state index contributed by atoms with van der Waals surface area (Å²) in [6.07, 6.45) is 0. The van der Waals surface area contributed by atoms with Crippen molar-refractivity contribution in [2.75, 3.05) is 26.2 Å². The van der Waals surface area contributed by atoms with Crippen molar-refractivity contribution in [2.45, 2.75) is 13.8 Å². The van der Waals surface area contributed by atoms with E-state index >= 15 is 0 Å². The van der Waals surface area contributed by atoms with Crippen molar-refractivity contribution in [3.63, 3.8) is 0 Å². The first-order valence-electron chi connectivity index (χ1n) is 4.98. The molecule has 92 valence electrons. The van der Waals surface area contributed by atoms with Gasteiger partial charge in [0.1, 0.15) is 6.54 Å². The SMILES string of the molecule is CCOC(=O)CNC(=O)NCCNC(C)=O. The molecule has 0 rings (SSSR count). The molecule has 0 aromatic rings.